The fourth-order valence-electron chi connectivity index (χ4n) is 5.65. The summed E-state index contributed by atoms with van der Waals surface area (Å²) < 4.78 is 73.4. The summed E-state index contributed by atoms with van der Waals surface area (Å²) in [4.78, 5) is 29.4. The second kappa shape index (κ2) is 36.6. The molecule has 16 heteroatoms. The van der Waals surface area contributed by atoms with E-state index in [4.69, 9.17) is 0 Å². The Balaban J connectivity index is -0.0000110. The van der Waals surface area contributed by atoms with Crippen LogP contribution in [-0.2, 0) is 38.8 Å². The van der Waals surface area contributed by atoms with Crippen LogP contribution in [0.2, 0.25) is 0 Å². The van der Waals surface area contributed by atoms with E-state index in [0.29, 0.717) is 38.8 Å². The SMILES string of the molecule is CCCCCCCCCCCC(=O)N(CCCCN(CCCOS(=O)(=O)[O-])C(=O)CCCCCCCCCCC)CCCOS(=O)(=O)[O-].[Na+].[Na+]. The zero-order valence-electron chi connectivity index (χ0n) is 32.0. The average Bonchev–Trinajstić information content (AvgIpc) is 3.02. The number of unbranched alkanes of at least 4 members (excludes halogenated alkanes) is 17. The van der Waals surface area contributed by atoms with Crippen molar-refractivity contribution in [1.82, 2.24) is 9.80 Å². The van der Waals surface area contributed by atoms with Gasteiger partial charge in [0.2, 0.25) is 32.6 Å². The van der Waals surface area contributed by atoms with Gasteiger partial charge >= 0.3 is 59.1 Å². The van der Waals surface area contributed by atoms with Crippen LogP contribution in [0.15, 0.2) is 0 Å². The van der Waals surface area contributed by atoms with Crippen molar-refractivity contribution in [3.63, 3.8) is 0 Å². The Bertz CT molecular complexity index is 942. The average molecular weight is 773 g/mol. The van der Waals surface area contributed by atoms with Crippen molar-refractivity contribution in [2.75, 3.05) is 39.4 Å². The normalized spacial score (nSPS) is 11.5. The summed E-state index contributed by atoms with van der Waals surface area (Å²) >= 11 is 0. The first-order chi connectivity index (χ1) is 22.9. The number of nitrogens with zero attached hydrogens (tertiary/aromatic N) is 2. The van der Waals surface area contributed by atoms with Gasteiger partial charge in [-0.25, -0.2) is 16.8 Å². The smallest absolute Gasteiger partial charge is 0.726 e. The third kappa shape index (κ3) is 38.4. The summed E-state index contributed by atoms with van der Waals surface area (Å²) in [5.41, 5.74) is 0. The van der Waals surface area contributed by atoms with Gasteiger partial charge in [-0.05, 0) is 38.5 Å². The molecule has 0 N–H and O–H groups in total. The molecule has 0 aliphatic carbocycles. The maximum atomic E-state index is 13.0. The Morgan fingerprint density at radius 3 is 0.980 bits per heavy atom. The van der Waals surface area contributed by atoms with Gasteiger partial charge in [-0.1, -0.05) is 117 Å². The third-order valence-corrected chi connectivity index (χ3v) is 9.31. The van der Waals surface area contributed by atoms with E-state index in [1.807, 2.05) is 0 Å². The molecular weight excluding hydrogens is 706 g/mol. The van der Waals surface area contributed by atoms with Crippen LogP contribution in [0.4, 0.5) is 0 Å². The van der Waals surface area contributed by atoms with E-state index in [1.165, 1.54) is 64.2 Å². The number of amides is 2. The van der Waals surface area contributed by atoms with E-state index in [0.717, 1.165) is 51.4 Å². The minimum Gasteiger partial charge on any atom is -0.726 e. The Kier molecular flexibility index (Phi) is 40.3. The molecule has 12 nitrogen and oxygen atoms in total. The van der Waals surface area contributed by atoms with Gasteiger partial charge in [0.25, 0.3) is 0 Å². The topological polar surface area (TPSA) is 173 Å². The molecule has 0 bridgehead atoms. The minimum atomic E-state index is -4.80. The van der Waals surface area contributed by atoms with Crippen LogP contribution in [0.5, 0.6) is 0 Å². The molecule has 0 aromatic heterocycles. The van der Waals surface area contributed by atoms with Crippen LogP contribution >= 0.6 is 0 Å². The van der Waals surface area contributed by atoms with Crippen molar-refractivity contribution in [1.29, 1.82) is 0 Å². The minimum absolute atomic E-state index is 0. The molecular formula is C34H66N2Na2O10S2. The predicted molar refractivity (Wildman–Crippen MR) is 187 cm³/mol. The van der Waals surface area contributed by atoms with Gasteiger partial charge < -0.3 is 18.9 Å². The zero-order chi connectivity index (χ0) is 35.9. The zero-order valence-corrected chi connectivity index (χ0v) is 37.6. The standard InChI is InChI=1S/C34H68N2O10S2.2Na/c1-3-5-7-9-11-13-15-17-19-25-33(37)35(29-23-31-45-47(39,40)41)27-21-22-28-36(30-24-32-46-48(42,43)44)34(38)26-20-18-16-14-12-10-8-6-4-2;;/h3-32H2,1-2H3,(H,39,40,41)(H,42,43,44);;/q;2*+1/p-2. The molecule has 0 saturated heterocycles. The fraction of sp³-hybridized carbons (Fsp3) is 0.941. The summed E-state index contributed by atoms with van der Waals surface area (Å²) in [7, 11) is -9.59. The van der Waals surface area contributed by atoms with Gasteiger partial charge in [0.05, 0.1) is 13.2 Å². The Morgan fingerprint density at radius 2 is 0.700 bits per heavy atom. The Labute approximate surface area is 349 Å². The molecule has 50 heavy (non-hydrogen) atoms. The molecule has 0 aromatic rings. The van der Waals surface area contributed by atoms with Crippen LogP contribution in [0, 0.1) is 0 Å². The predicted octanol–water partition coefficient (Wildman–Crippen LogP) is 1.01. The van der Waals surface area contributed by atoms with Gasteiger partial charge in [-0.15, -0.1) is 0 Å². The molecule has 0 spiro atoms. The van der Waals surface area contributed by atoms with Gasteiger partial charge in [-0.2, -0.15) is 0 Å². The molecule has 2 amide bonds. The largest absolute Gasteiger partial charge is 1.00 e. The first-order valence-corrected chi connectivity index (χ1v) is 21.3. The Hall–Kier alpha value is 0.680. The molecule has 286 valence electrons. The molecule has 0 aromatic carbocycles. The molecule has 0 saturated carbocycles. The molecule has 0 rings (SSSR count). The van der Waals surface area contributed by atoms with Gasteiger partial charge in [0.1, 0.15) is 0 Å². The Morgan fingerprint density at radius 1 is 0.440 bits per heavy atom. The van der Waals surface area contributed by atoms with Crippen LogP contribution in [-0.4, -0.2) is 86.9 Å². The van der Waals surface area contributed by atoms with E-state index >= 15 is 0 Å². The number of carbonyl (C=O) groups is 2. The summed E-state index contributed by atoms with van der Waals surface area (Å²) in [6.07, 6.45) is 22.8. The number of rotatable bonds is 35. The summed E-state index contributed by atoms with van der Waals surface area (Å²) in [5, 5.41) is 0. The van der Waals surface area contributed by atoms with E-state index in [2.05, 4.69) is 22.2 Å². The van der Waals surface area contributed by atoms with Crippen molar-refractivity contribution in [2.24, 2.45) is 0 Å². The monoisotopic (exact) mass is 772 g/mol. The number of hydrogen-bond acceptors (Lipinski definition) is 10. The maximum absolute atomic E-state index is 13.0. The first-order valence-electron chi connectivity index (χ1n) is 18.7. The van der Waals surface area contributed by atoms with Crippen molar-refractivity contribution >= 4 is 32.6 Å². The summed E-state index contributed by atoms with van der Waals surface area (Å²) in [6.45, 7) is 5.15. The number of carbonyl (C=O) groups excluding carboxylic acids is 2. The van der Waals surface area contributed by atoms with Crippen molar-refractivity contribution in [3.8, 4) is 0 Å². The van der Waals surface area contributed by atoms with Crippen LogP contribution < -0.4 is 59.1 Å². The first kappa shape index (κ1) is 55.0. The quantitative estimate of drug-likeness (QED) is 0.0392. The maximum Gasteiger partial charge on any atom is 1.00 e. The van der Waals surface area contributed by atoms with Crippen molar-refractivity contribution in [3.05, 3.63) is 0 Å². The van der Waals surface area contributed by atoms with E-state index in [1.54, 1.807) is 9.80 Å². The van der Waals surface area contributed by atoms with E-state index < -0.39 is 20.8 Å². The summed E-state index contributed by atoms with van der Waals surface area (Å²) in [6, 6.07) is 0. The molecule has 0 unspecified atom stereocenters. The number of hydrogen-bond donors (Lipinski definition) is 0. The summed E-state index contributed by atoms with van der Waals surface area (Å²) in [5.74, 6) is -0.0608. The second-order valence-corrected chi connectivity index (χ2v) is 14.9. The third-order valence-electron chi connectivity index (χ3n) is 8.40. The van der Waals surface area contributed by atoms with Crippen molar-refractivity contribution in [2.45, 2.75) is 168 Å². The van der Waals surface area contributed by atoms with Crippen molar-refractivity contribution < 1.29 is 103 Å². The van der Waals surface area contributed by atoms with Crippen LogP contribution in [0.25, 0.3) is 0 Å². The molecule has 0 aliphatic heterocycles. The van der Waals surface area contributed by atoms with E-state index in [-0.39, 0.29) is 110 Å². The molecule has 0 fully saturated rings. The van der Waals surface area contributed by atoms with E-state index in [9.17, 15) is 35.5 Å². The van der Waals surface area contributed by atoms with Crippen LogP contribution in [0.1, 0.15) is 168 Å². The fourth-order valence-corrected chi connectivity index (χ4v) is 6.29. The van der Waals surface area contributed by atoms with Gasteiger partial charge in [0, 0.05) is 39.0 Å². The molecule has 0 atom stereocenters. The molecule has 0 heterocycles. The molecule has 0 aliphatic rings. The molecule has 0 radical (unpaired) electrons. The van der Waals surface area contributed by atoms with Crippen LogP contribution in [0.3, 0.4) is 0 Å². The second-order valence-electron chi connectivity index (χ2n) is 12.8. The van der Waals surface area contributed by atoms with Gasteiger partial charge in [0.15, 0.2) is 0 Å². The van der Waals surface area contributed by atoms with Gasteiger partial charge in [-0.3, -0.25) is 18.0 Å².